The van der Waals surface area contributed by atoms with E-state index in [1.165, 1.54) is 11.3 Å². The van der Waals surface area contributed by atoms with Gasteiger partial charge in [0.25, 0.3) is 5.91 Å². The van der Waals surface area contributed by atoms with E-state index < -0.39 is 6.04 Å². The van der Waals surface area contributed by atoms with Crippen molar-refractivity contribution in [2.45, 2.75) is 12.0 Å². The molecule has 0 saturated carbocycles. The maximum atomic E-state index is 12.7. The average molecular weight is 406 g/mol. The summed E-state index contributed by atoms with van der Waals surface area (Å²) >= 11 is 7.51. The van der Waals surface area contributed by atoms with Crippen molar-refractivity contribution in [1.29, 1.82) is 0 Å². The normalized spacial score (nSPS) is 22.1. The van der Waals surface area contributed by atoms with Gasteiger partial charge in [0.2, 0.25) is 5.91 Å². The number of fused-ring (bicyclic) bond motifs is 1. The van der Waals surface area contributed by atoms with Crippen LogP contribution in [0.15, 0.2) is 30.3 Å². The lowest BCUT2D eigenvalue weighted by Crippen LogP contribution is -2.52. The predicted octanol–water partition coefficient (Wildman–Crippen LogP) is 2.23. The third-order valence-corrected chi connectivity index (χ3v) is 6.45. The van der Waals surface area contributed by atoms with E-state index in [-0.39, 0.29) is 17.7 Å². The van der Waals surface area contributed by atoms with Gasteiger partial charge in [0, 0.05) is 31.1 Å². The molecule has 2 aliphatic rings. The number of hydrogen-bond acceptors (Lipinski definition) is 5. The minimum Gasteiger partial charge on any atom is -0.378 e. The molecule has 2 amide bonds. The van der Waals surface area contributed by atoms with Crippen LogP contribution < -0.4 is 15.5 Å². The molecule has 4 rings (SSSR count). The van der Waals surface area contributed by atoms with E-state index in [4.69, 9.17) is 16.3 Å². The Morgan fingerprint density at radius 2 is 2.00 bits per heavy atom. The van der Waals surface area contributed by atoms with Crippen molar-refractivity contribution in [3.63, 3.8) is 0 Å². The molecule has 2 aliphatic heterocycles. The number of carbonyl (C=O) groups is 2. The van der Waals surface area contributed by atoms with Gasteiger partial charge in [-0.2, -0.15) is 0 Å². The van der Waals surface area contributed by atoms with Crippen LogP contribution in [0.1, 0.15) is 26.7 Å². The van der Waals surface area contributed by atoms with Crippen LogP contribution in [0.3, 0.4) is 0 Å². The molecule has 0 radical (unpaired) electrons. The Hall–Kier alpha value is -2.09. The van der Waals surface area contributed by atoms with E-state index in [1.54, 1.807) is 7.05 Å². The zero-order chi connectivity index (χ0) is 19.0. The summed E-state index contributed by atoms with van der Waals surface area (Å²) in [7, 11) is 1.58. The molecule has 3 heterocycles. The van der Waals surface area contributed by atoms with Crippen LogP contribution in [0.5, 0.6) is 0 Å². The Morgan fingerprint density at radius 1 is 1.30 bits per heavy atom. The highest BCUT2D eigenvalue weighted by atomic mass is 35.5. The number of rotatable bonds is 3. The number of morpholine rings is 1. The molecule has 6 nitrogen and oxygen atoms in total. The number of likely N-dealkylation sites (N-methyl/N-ethyl adjacent to an activating group) is 1. The number of anilines is 1. The lowest BCUT2D eigenvalue weighted by atomic mass is 9.82. The molecule has 0 spiro atoms. The smallest absolute Gasteiger partial charge is 0.262 e. The highest BCUT2D eigenvalue weighted by Crippen LogP contribution is 2.42. The first-order valence-corrected chi connectivity index (χ1v) is 10.0. The fourth-order valence-electron chi connectivity index (χ4n) is 3.62. The first-order chi connectivity index (χ1) is 13.1. The molecule has 1 fully saturated rings. The van der Waals surface area contributed by atoms with E-state index in [0.29, 0.717) is 23.1 Å². The lowest BCUT2D eigenvalue weighted by molar-refractivity contribution is -0.122. The number of nitrogens with zero attached hydrogens (tertiary/aromatic N) is 1. The highest BCUT2D eigenvalue weighted by Gasteiger charge is 2.40. The second-order valence-corrected chi connectivity index (χ2v) is 8.03. The third kappa shape index (κ3) is 3.42. The summed E-state index contributed by atoms with van der Waals surface area (Å²) in [5.74, 6) is -0.678. The van der Waals surface area contributed by atoms with Gasteiger partial charge in [-0.3, -0.25) is 9.59 Å². The van der Waals surface area contributed by atoms with Gasteiger partial charge >= 0.3 is 0 Å². The summed E-state index contributed by atoms with van der Waals surface area (Å²) in [6.07, 6.45) is 0. The Kier molecular flexibility index (Phi) is 5.08. The van der Waals surface area contributed by atoms with Crippen LogP contribution >= 0.6 is 22.9 Å². The summed E-state index contributed by atoms with van der Waals surface area (Å²) in [6, 6.07) is 8.83. The summed E-state index contributed by atoms with van der Waals surface area (Å²) in [5.41, 5.74) is 1.83. The van der Waals surface area contributed by atoms with Crippen molar-refractivity contribution in [2.75, 3.05) is 38.3 Å². The standard InChI is InChI=1S/C19H20ClN3O3S/c1-21-18(24)16-15(11-2-4-12(20)5-3-11)13-10-14(23-6-8-26-9-7-23)27-17(13)19(25)22-16/h2-5,10,15-16H,6-9H2,1H3,(H,21,24)(H,22,25)/t15-,16+/m1/s1. The molecule has 2 N–H and O–H groups in total. The van der Waals surface area contributed by atoms with Crippen LogP contribution in [0.25, 0.3) is 0 Å². The molecule has 142 valence electrons. The molecule has 2 aromatic rings. The van der Waals surface area contributed by atoms with Crippen LogP contribution in [0.2, 0.25) is 5.02 Å². The molecule has 0 unspecified atom stereocenters. The molecule has 0 aliphatic carbocycles. The molecular weight excluding hydrogens is 386 g/mol. The number of carbonyl (C=O) groups excluding carboxylic acids is 2. The molecule has 1 aromatic carbocycles. The largest absolute Gasteiger partial charge is 0.378 e. The molecule has 1 saturated heterocycles. The van der Waals surface area contributed by atoms with Crippen LogP contribution in [-0.4, -0.2) is 51.2 Å². The number of thiophene rings is 1. The van der Waals surface area contributed by atoms with Gasteiger partial charge in [-0.15, -0.1) is 11.3 Å². The van der Waals surface area contributed by atoms with Crippen molar-refractivity contribution >= 4 is 39.8 Å². The van der Waals surface area contributed by atoms with Crippen molar-refractivity contribution in [3.8, 4) is 0 Å². The minimum absolute atomic E-state index is 0.201. The maximum absolute atomic E-state index is 12.7. The lowest BCUT2D eigenvalue weighted by Gasteiger charge is -2.31. The highest BCUT2D eigenvalue weighted by molar-refractivity contribution is 7.18. The number of halogens is 1. The summed E-state index contributed by atoms with van der Waals surface area (Å²) in [5, 5.41) is 7.22. The molecule has 27 heavy (non-hydrogen) atoms. The third-order valence-electron chi connectivity index (χ3n) is 4.99. The Labute approximate surface area is 166 Å². The number of amides is 2. The van der Waals surface area contributed by atoms with Crippen LogP contribution in [0.4, 0.5) is 5.00 Å². The van der Waals surface area contributed by atoms with Crippen molar-refractivity contribution in [3.05, 3.63) is 51.4 Å². The van der Waals surface area contributed by atoms with Gasteiger partial charge in [0.1, 0.15) is 6.04 Å². The molecule has 2 atom stereocenters. The van der Waals surface area contributed by atoms with E-state index in [2.05, 4.69) is 21.6 Å². The second kappa shape index (κ2) is 7.50. The average Bonchev–Trinajstić information content (AvgIpc) is 3.15. The van der Waals surface area contributed by atoms with Crippen LogP contribution in [-0.2, 0) is 9.53 Å². The topological polar surface area (TPSA) is 70.7 Å². The monoisotopic (exact) mass is 405 g/mol. The first kappa shape index (κ1) is 18.3. The van der Waals surface area contributed by atoms with E-state index in [1.807, 2.05) is 24.3 Å². The van der Waals surface area contributed by atoms with Crippen molar-refractivity contribution in [2.24, 2.45) is 0 Å². The summed E-state index contributed by atoms with van der Waals surface area (Å²) in [4.78, 5) is 28.1. The van der Waals surface area contributed by atoms with Crippen LogP contribution in [0, 0.1) is 0 Å². The number of nitrogens with one attached hydrogen (secondary N) is 2. The Morgan fingerprint density at radius 3 is 2.67 bits per heavy atom. The summed E-state index contributed by atoms with van der Waals surface area (Å²) in [6.45, 7) is 2.95. The molecule has 0 bridgehead atoms. The van der Waals surface area contributed by atoms with E-state index >= 15 is 0 Å². The molecule has 1 aromatic heterocycles. The SMILES string of the molecule is CNC(=O)[C@H]1NC(=O)c2sc(N3CCOCC3)cc2[C@H]1c1ccc(Cl)cc1. The van der Waals surface area contributed by atoms with Crippen molar-refractivity contribution < 1.29 is 14.3 Å². The fourth-order valence-corrected chi connectivity index (χ4v) is 4.91. The number of hydrogen-bond donors (Lipinski definition) is 2. The van der Waals surface area contributed by atoms with Gasteiger partial charge < -0.3 is 20.3 Å². The number of ether oxygens (including phenoxy) is 1. The van der Waals surface area contributed by atoms with Crippen molar-refractivity contribution in [1.82, 2.24) is 10.6 Å². The van der Waals surface area contributed by atoms with Gasteiger partial charge in [-0.1, -0.05) is 23.7 Å². The zero-order valence-electron chi connectivity index (χ0n) is 14.8. The quantitative estimate of drug-likeness (QED) is 0.821. The molecular formula is C19H20ClN3O3S. The molecule has 8 heteroatoms. The van der Waals surface area contributed by atoms with Gasteiger partial charge in [-0.25, -0.2) is 0 Å². The van der Waals surface area contributed by atoms with Gasteiger partial charge in [0.05, 0.1) is 23.1 Å². The number of benzene rings is 1. The summed E-state index contributed by atoms with van der Waals surface area (Å²) < 4.78 is 5.43. The Bertz CT molecular complexity index is 862. The minimum atomic E-state index is -0.664. The van der Waals surface area contributed by atoms with Gasteiger partial charge in [-0.05, 0) is 29.3 Å². The van der Waals surface area contributed by atoms with E-state index in [9.17, 15) is 9.59 Å². The maximum Gasteiger partial charge on any atom is 0.262 e. The van der Waals surface area contributed by atoms with E-state index in [0.717, 1.165) is 29.2 Å². The second-order valence-electron chi connectivity index (χ2n) is 6.56. The predicted molar refractivity (Wildman–Crippen MR) is 106 cm³/mol. The fraction of sp³-hybridized carbons (Fsp3) is 0.368. The Balaban J connectivity index is 1.79. The zero-order valence-corrected chi connectivity index (χ0v) is 16.4. The first-order valence-electron chi connectivity index (χ1n) is 8.83. The van der Waals surface area contributed by atoms with Gasteiger partial charge in [0.15, 0.2) is 0 Å².